The van der Waals surface area contributed by atoms with E-state index in [9.17, 15) is 23.1 Å². The molecule has 118 valence electrons. The van der Waals surface area contributed by atoms with E-state index in [-0.39, 0.29) is 5.69 Å². The van der Waals surface area contributed by atoms with Crippen molar-refractivity contribution >= 4 is 17.5 Å². The molecular weight excluding hydrogens is 313 g/mol. The summed E-state index contributed by atoms with van der Waals surface area (Å²) < 4.78 is 38.8. The third kappa shape index (κ3) is 3.30. The molecule has 0 radical (unpaired) electrons. The Morgan fingerprint density at radius 3 is 2.76 bits per heavy atom. The Bertz CT molecular complexity index is 546. The summed E-state index contributed by atoms with van der Waals surface area (Å²) in [5.41, 5.74) is -1.68. The van der Waals surface area contributed by atoms with E-state index in [1.807, 2.05) is 0 Å². The summed E-state index contributed by atoms with van der Waals surface area (Å²) in [7, 11) is 1.20. The van der Waals surface area contributed by atoms with Crippen LogP contribution in [0.1, 0.15) is 22.6 Å². The van der Waals surface area contributed by atoms with Crippen molar-refractivity contribution in [1.82, 2.24) is 20.4 Å². The molecule has 21 heavy (non-hydrogen) atoms. The number of β-amino-alcohol motifs (C(OH)–C–C–N with tert-alkyl or cyclic N) is 1. The molecule has 0 aromatic carbocycles. The lowest BCUT2D eigenvalue weighted by molar-refractivity contribution is -0.141. The lowest BCUT2D eigenvalue weighted by atomic mass is 10.0. The SMILES string of the molecule is Cn1nc(C(F)(F)F)c(Cl)c1C(=O)N[C@@H]1CCNC[C@H]1O. The van der Waals surface area contributed by atoms with E-state index in [1.54, 1.807) is 0 Å². The van der Waals surface area contributed by atoms with Crippen molar-refractivity contribution in [2.45, 2.75) is 24.7 Å². The van der Waals surface area contributed by atoms with E-state index >= 15 is 0 Å². The zero-order valence-corrected chi connectivity index (χ0v) is 11.8. The van der Waals surface area contributed by atoms with Crippen molar-refractivity contribution in [2.24, 2.45) is 7.05 Å². The minimum atomic E-state index is -4.73. The molecule has 1 aliphatic rings. The van der Waals surface area contributed by atoms with Gasteiger partial charge in [0, 0.05) is 13.6 Å². The van der Waals surface area contributed by atoms with Crippen molar-refractivity contribution in [3.8, 4) is 0 Å². The Morgan fingerprint density at radius 1 is 1.57 bits per heavy atom. The van der Waals surface area contributed by atoms with Crippen LogP contribution in [0.5, 0.6) is 0 Å². The van der Waals surface area contributed by atoms with Gasteiger partial charge < -0.3 is 15.7 Å². The van der Waals surface area contributed by atoms with Crippen LogP contribution in [-0.2, 0) is 13.2 Å². The maximum atomic E-state index is 12.7. The monoisotopic (exact) mass is 326 g/mol. The van der Waals surface area contributed by atoms with Gasteiger partial charge in [0.1, 0.15) is 10.7 Å². The van der Waals surface area contributed by atoms with Crippen molar-refractivity contribution in [3.63, 3.8) is 0 Å². The molecule has 10 heteroatoms. The molecule has 0 bridgehead atoms. The number of aromatic nitrogens is 2. The molecule has 2 heterocycles. The number of rotatable bonds is 2. The topological polar surface area (TPSA) is 79.2 Å². The maximum Gasteiger partial charge on any atom is 0.436 e. The molecule has 6 nitrogen and oxygen atoms in total. The third-order valence-electron chi connectivity index (χ3n) is 3.24. The summed E-state index contributed by atoms with van der Waals surface area (Å²) in [5, 5.41) is 17.6. The summed E-state index contributed by atoms with van der Waals surface area (Å²) in [6.45, 7) is 0.896. The number of carbonyl (C=O) groups excluding carboxylic acids is 1. The summed E-state index contributed by atoms with van der Waals surface area (Å²) in [5.74, 6) is -0.795. The van der Waals surface area contributed by atoms with Crippen molar-refractivity contribution < 1.29 is 23.1 Å². The number of carbonyl (C=O) groups is 1. The molecule has 0 unspecified atom stereocenters. The molecule has 3 N–H and O–H groups in total. The molecule has 0 aliphatic carbocycles. The van der Waals surface area contributed by atoms with Gasteiger partial charge in [-0.1, -0.05) is 11.6 Å². The second-order valence-electron chi connectivity index (χ2n) is 4.77. The molecule has 0 spiro atoms. The largest absolute Gasteiger partial charge is 0.436 e. The molecule has 1 fully saturated rings. The molecule has 1 aromatic heterocycles. The molecule has 0 saturated carbocycles. The fraction of sp³-hybridized carbons (Fsp3) is 0.636. The Kier molecular flexibility index (Phi) is 4.45. The molecule has 1 aliphatic heterocycles. The second-order valence-corrected chi connectivity index (χ2v) is 5.15. The number of piperidine rings is 1. The zero-order chi connectivity index (χ0) is 15.8. The first kappa shape index (κ1) is 16.1. The molecule has 1 amide bonds. The number of aliphatic hydroxyl groups excluding tert-OH is 1. The van der Waals surface area contributed by atoms with E-state index < -0.39 is 34.9 Å². The standard InChI is InChI=1S/C11H14ClF3N4O2/c1-19-8(7(12)9(18-19)11(13,14)15)10(21)17-5-2-3-16-4-6(5)20/h5-6,16,20H,2-4H2,1H3,(H,17,21)/t5-,6-/m1/s1. The van der Waals surface area contributed by atoms with Crippen LogP contribution in [0.3, 0.4) is 0 Å². The minimum absolute atomic E-state index is 0.303. The normalized spacial score (nSPS) is 23.1. The van der Waals surface area contributed by atoms with E-state index in [2.05, 4.69) is 15.7 Å². The van der Waals surface area contributed by atoms with Gasteiger partial charge in [-0.2, -0.15) is 18.3 Å². The molecule has 1 aromatic rings. The van der Waals surface area contributed by atoms with Gasteiger partial charge in [-0.3, -0.25) is 9.48 Å². The van der Waals surface area contributed by atoms with Gasteiger partial charge >= 0.3 is 6.18 Å². The number of nitrogens with one attached hydrogen (secondary N) is 2. The predicted molar refractivity (Wildman–Crippen MR) is 68.0 cm³/mol. The van der Waals surface area contributed by atoms with Gasteiger partial charge in [-0.05, 0) is 13.0 Å². The van der Waals surface area contributed by atoms with Crippen LogP contribution in [0.25, 0.3) is 0 Å². The molecular formula is C11H14ClF3N4O2. The number of aryl methyl sites for hydroxylation is 1. The van der Waals surface area contributed by atoms with Crippen molar-refractivity contribution in [3.05, 3.63) is 16.4 Å². The van der Waals surface area contributed by atoms with Crippen LogP contribution in [-0.4, -0.2) is 46.0 Å². The van der Waals surface area contributed by atoms with Gasteiger partial charge in [0.2, 0.25) is 0 Å². The van der Waals surface area contributed by atoms with E-state index in [0.717, 1.165) is 4.68 Å². The van der Waals surface area contributed by atoms with E-state index in [1.165, 1.54) is 7.05 Å². The highest BCUT2D eigenvalue weighted by molar-refractivity contribution is 6.34. The van der Waals surface area contributed by atoms with Crippen LogP contribution in [0, 0.1) is 0 Å². The summed E-state index contributed by atoms with van der Waals surface area (Å²) in [6, 6.07) is -0.543. The quantitative estimate of drug-likeness (QED) is 0.741. The molecule has 1 saturated heterocycles. The van der Waals surface area contributed by atoms with Crippen LogP contribution in [0.15, 0.2) is 0 Å². The highest BCUT2D eigenvalue weighted by Crippen LogP contribution is 2.35. The average molecular weight is 327 g/mol. The fourth-order valence-corrected chi connectivity index (χ4v) is 2.53. The number of halogens is 4. The van der Waals surface area contributed by atoms with E-state index in [4.69, 9.17) is 11.6 Å². The van der Waals surface area contributed by atoms with E-state index in [0.29, 0.717) is 19.5 Å². The lowest BCUT2D eigenvalue weighted by Crippen LogP contribution is -2.52. The Balaban J connectivity index is 2.21. The first-order chi connectivity index (χ1) is 9.71. The second kappa shape index (κ2) is 5.82. The highest BCUT2D eigenvalue weighted by Gasteiger charge is 2.40. The summed E-state index contributed by atoms with van der Waals surface area (Å²) in [6.07, 6.45) is -5.08. The number of alkyl halides is 3. The predicted octanol–water partition coefficient (Wildman–Crippen LogP) is 0.545. The van der Waals surface area contributed by atoms with Crippen LogP contribution in [0.2, 0.25) is 5.02 Å². The van der Waals surface area contributed by atoms with Crippen molar-refractivity contribution in [1.29, 1.82) is 0 Å². The highest BCUT2D eigenvalue weighted by atomic mass is 35.5. The molecule has 2 atom stereocenters. The zero-order valence-electron chi connectivity index (χ0n) is 11.0. The Labute approximate surface area is 123 Å². The van der Waals surface area contributed by atoms with Gasteiger partial charge in [-0.15, -0.1) is 0 Å². The van der Waals surface area contributed by atoms with Crippen LogP contribution < -0.4 is 10.6 Å². The number of hydrogen-bond donors (Lipinski definition) is 3. The number of hydrogen-bond acceptors (Lipinski definition) is 4. The minimum Gasteiger partial charge on any atom is -0.390 e. The maximum absolute atomic E-state index is 12.7. The first-order valence-corrected chi connectivity index (χ1v) is 6.59. The van der Waals surface area contributed by atoms with Crippen LogP contribution in [0.4, 0.5) is 13.2 Å². The van der Waals surface area contributed by atoms with Gasteiger partial charge in [0.15, 0.2) is 5.69 Å². The Morgan fingerprint density at radius 2 is 2.24 bits per heavy atom. The number of nitrogens with zero attached hydrogens (tertiary/aromatic N) is 2. The number of aliphatic hydroxyl groups is 1. The van der Waals surface area contributed by atoms with Crippen LogP contribution >= 0.6 is 11.6 Å². The third-order valence-corrected chi connectivity index (χ3v) is 3.60. The van der Waals surface area contributed by atoms with Gasteiger partial charge in [0.05, 0.1) is 12.1 Å². The smallest absolute Gasteiger partial charge is 0.390 e. The molecule has 2 rings (SSSR count). The fourth-order valence-electron chi connectivity index (χ4n) is 2.17. The number of amides is 1. The average Bonchev–Trinajstić information content (AvgIpc) is 2.67. The first-order valence-electron chi connectivity index (χ1n) is 6.21. The summed E-state index contributed by atoms with van der Waals surface area (Å²) >= 11 is 5.62. The van der Waals surface area contributed by atoms with Gasteiger partial charge in [-0.25, -0.2) is 0 Å². The summed E-state index contributed by atoms with van der Waals surface area (Å²) in [4.78, 5) is 12.1. The van der Waals surface area contributed by atoms with Gasteiger partial charge in [0.25, 0.3) is 5.91 Å². The Hall–Kier alpha value is -1.32. The lowest BCUT2D eigenvalue weighted by Gasteiger charge is -2.29. The van der Waals surface area contributed by atoms with Crippen molar-refractivity contribution in [2.75, 3.05) is 13.1 Å².